The molecule has 0 aromatic rings. The highest BCUT2D eigenvalue weighted by molar-refractivity contribution is 5.06. The van der Waals surface area contributed by atoms with Crippen molar-refractivity contribution in [1.29, 1.82) is 0 Å². The monoisotopic (exact) mass is 227 g/mol. The zero-order chi connectivity index (χ0) is 11.5. The third-order valence-corrected chi connectivity index (χ3v) is 2.41. The Kier molecular flexibility index (Phi) is 4.16. The second kappa shape index (κ2) is 5.42. The van der Waals surface area contributed by atoms with E-state index in [4.69, 9.17) is 14.2 Å². The predicted molar refractivity (Wildman–Crippen MR) is 53.8 cm³/mol. The Balaban J connectivity index is 1.83. The van der Waals surface area contributed by atoms with Crippen molar-refractivity contribution in [2.75, 3.05) is 0 Å². The van der Waals surface area contributed by atoms with E-state index >= 15 is 0 Å². The maximum atomic E-state index is 9.60. The van der Waals surface area contributed by atoms with E-state index in [1.807, 2.05) is 19.8 Å². The second-order valence-corrected chi connectivity index (χ2v) is 3.73. The lowest BCUT2D eigenvalue weighted by atomic mass is 10.1. The van der Waals surface area contributed by atoms with Crippen LogP contribution in [0.25, 0.3) is 0 Å². The summed E-state index contributed by atoms with van der Waals surface area (Å²) in [5, 5.41) is 18.9. The van der Waals surface area contributed by atoms with Gasteiger partial charge < -0.3 is 24.4 Å². The summed E-state index contributed by atoms with van der Waals surface area (Å²) in [4.78, 5) is 0. The van der Waals surface area contributed by atoms with Crippen LogP contribution in [0.2, 0.25) is 0 Å². The van der Waals surface area contributed by atoms with Crippen LogP contribution in [0.15, 0.2) is 0 Å². The van der Waals surface area contributed by atoms with Crippen molar-refractivity contribution in [3.05, 3.63) is 32.3 Å². The van der Waals surface area contributed by atoms with Gasteiger partial charge in [0.2, 0.25) is 0 Å². The molecule has 16 heavy (non-hydrogen) atoms. The Morgan fingerprint density at radius 3 is 2.75 bits per heavy atom. The molecule has 89 valence electrons. The fraction of sp³-hybridized carbons (Fsp3) is 0.545. The summed E-state index contributed by atoms with van der Waals surface area (Å²) in [5.41, 5.74) is 0. The molecule has 0 aliphatic carbocycles. The van der Waals surface area contributed by atoms with Gasteiger partial charge in [0.05, 0.1) is 18.8 Å². The van der Waals surface area contributed by atoms with Crippen molar-refractivity contribution >= 4 is 0 Å². The largest absolute Gasteiger partial charge is 0.385 e. The molecule has 0 bridgehead atoms. The molecule has 2 N–H and O–H groups in total. The van der Waals surface area contributed by atoms with Gasteiger partial charge in [0.1, 0.15) is 6.10 Å². The molecular formula is C11H15O5. The molecule has 5 atom stereocenters. The maximum Gasteiger partial charge on any atom is 0.183 e. The van der Waals surface area contributed by atoms with Crippen LogP contribution < -0.4 is 0 Å². The van der Waals surface area contributed by atoms with Gasteiger partial charge in [-0.25, -0.2) is 0 Å². The number of aliphatic hydroxyl groups is 2. The number of rotatable bonds is 2. The van der Waals surface area contributed by atoms with Crippen LogP contribution in [0.4, 0.5) is 0 Å². The summed E-state index contributed by atoms with van der Waals surface area (Å²) < 4.78 is 15.6. The molecule has 5 nitrogen and oxygen atoms in total. The van der Waals surface area contributed by atoms with E-state index in [0.29, 0.717) is 0 Å². The molecule has 2 saturated heterocycles. The Hall–Kier alpha value is -0.200. The van der Waals surface area contributed by atoms with E-state index in [0.717, 1.165) is 0 Å². The first-order chi connectivity index (χ1) is 7.66. The first-order valence-corrected chi connectivity index (χ1v) is 5.17. The summed E-state index contributed by atoms with van der Waals surface area (Å²) in [6.07, 6.45) is 3.48. The number of ether oxygens (including phenoxy) is 3. The molecule has 2 rings (SSSR count). The average molecular weight is 227 g/mol. The smallest absolute Gasteiger partial charge is 0.183 e. The number of hydrogen-bond donors (Lipinski definition) is 2. The van der Waals surface area contributed by atoms with Crippen LogP contribution >= 0.6 is 0 Å². The molecule has 2 aliphatic rings. The summed E-state index contributed by atoms with van der Waals surface area (Å²) in [5.74, 6) is 0. The summed E-state index contributed by atoms with van der Waals surface area (Å²) in [7, 11) is 0. The van der Waals surface area contributed by atoms with Gasteiger partial charge in [0, 0.05) is 12.8 Å². The third-order valence-electron chi connectivity index (χ3n) is 2.41. The number of hydrogen-bond acceptors (Lipinski definition) is 5. The van der Waals surface area contributed by atoms with Gasteiger partial charge in [-0.1, -0.05) is 0 Å². The fourth-order valence-electron chi connectivity index (χ4n) is 1.53. The van der Waals surface area contributed by atoms with Gasteiger partial charge >= 0.3 is 0 Å². The molecule has 0 saturated carbocycles. The van der Waals surface area contributed by atoms with Gasteiger partial charge in [-0.05, 0) is 19.8 Å². The molecule has 1 unspecified atom stereocenters. The van der Waals surface area contributed by atoms with Crippen molar-refractivity contribution < 1.29 is 24.4 Å². The third kappa shape index (κ3) is 2.93. The van der Waals surface area contributed by atoms with E-state index in [2.05, 4.69) is 0 Å². The Bertz CT molecular complexity index is 222. The molecule has 2 aliphatic heterocycles. The van der Waals surface area contributed by atoms with Crippen LogP contribution in [-0.2, 0) is 14.2 Å². The lowest BCUT2D eigenvalue weighted by Gasteiger charge is -2.35. The number of aliphatic hydroxyl groups excluding tert-OH is 2. The minimum Gasteiger partial charge on any atom is -0.385 e. The van der Waals surface area contributed by atoms with Gasteiger partial charge in [0.25, 0.3) is 0 Å². The van der Waals surface area contributed by atoms with Crippen molar-refractivity contribution in [3.63, 3.8) is 0 Å². The van der Waals surface area contributed by atoms with Gasteiger partial charge in [-0.3, -0.25) is 0 Å². The molecule has 0 amide bonds. The SMILES string of the molecule is C[C@@H]1[CH][CH][CH][C@@H](O[C@H]2[CH][CH]OC(O)[C@H]2O)O1. The van der Waals surface area contributed by atoms with Gasteiger partial charge in [0.15, 0.2) is 12.6 Å². The van der Waals surface area contributed by atoms with Crippen LogP contribution in [0.5, 0.6) is 0 Å². The van der Waals surface area contributed by atoms with E-state index in [-0.39, 0.29) is 6.10 Å². The lowest BCUT2D eigenvalue weighted by molar-refractivity contribution is -0.236. The summed E-state index contributed by atoms with van der Waals surface area (Å²) in [6.45, 7) is 3.20. The molecule has 0 aromatic heterocycles. The standard InChI is InChI=1S/C11H15O5/c1-7-3-2-4-9(15-7)16-8-5-6-14-11(13)10(8)12/h2-13H,1H3/t7-,8+,9-,10+,11?/m1/s1. The van der Waals surface area contributed by atoms with Crippen LogP contribution in [0.3, 0.4) is 0 Å². The molecule has 5 radical (unpaired) electrons. The first-order valence-electron chi connectivity index (χ1n) is 5.17. The molecular weight excluding hydrogens is 212 g/mol. The molecule has 2 fully saturated rings. The topological polar surface area (TPSA) is 68.2 Å². The minimum absolute atomic E-state index is 0.0270. The van der Waals surface area contributed by atoms with Gasteiger partial charge in [-0.2, -0.15) is 0 Å². The Morgan fingerprint density at radius 2 is 2.00 bits per heavy atom. The Morgan fingerprint density at radius 1 is 1.19 bits per heavy atom. The summed E-state index contributed by atoms with van der Waals surface area (Å²) >= 11 is 0. The predicted octanol–water partition coefficient (Wildman–Crippen LogP) is -0.195. The highest BCUT2D eigenvalue weighted by Gasteiger charge is 2.35. The maximum absolute atomic E-state index is 9.60. The van der Waals surface area contributed by atoms with Crippen LogP contribution in [0, 0.1) is 32.3 Å². The minimum atomic E-state index is -1.26. The van der Waals surface area contributed by atoms with Crippen LogP contribution in [0.1, 0.15) is 6.92 Å². The van der Waals surface area contributed by atoms with Crippen molar-refractivity contribution in [2.24, 2.45) is 0 Å². The highest BCUT2D eigenvalue weighted by Crippen LogP contribution is 2.24. The van der Waals surface area contributed by atoms with E-state index in [9.17, 15) is 10.2 Å². The Labute approximate surface area is 95.3 Å². The van der Waals surface area contributed by atoms with Crippen molar-refractivity contribution in [2.45, 2.75) is 37.8 Å². The molecule has 5 heteroatoms. The van der Waals surface area contributed by atoms with Crippen molar-refractivity contribution in [3.8, 4) is 0 Å². The lowest BCUT2D eigenvalue weighted by Crippen LogP contribution is -2.47. The molecule has 2 heterocycles. The quantitative estimate of drug-likeness (QED) is 0.684. The normalized spacial score (nSPS) is 45.6. The second-order valence-electron chi connectivity index (χ2n) is 3.73. The van der Waals surface area contributed by atoms with E-state index in [1.54, 1.807) is 6.42 Å². The average Bonchev–Trinajstić information content (AvgIpc) is 2.25. The zero-order valence-corrected chi connectivity index (χ0v) is 8.89. The van der Waals surface area contributed by atoms with E-state index in [1.165, 1.54) is 13.0 Å². The molecule has 0 spiro atoms. The first kappa shape index (κ1) is 12.3. The molecule has 0 aromatic carbocycles. The fourth-order valence-corrected chi connectivity index (χ4v) is 1.53. The van der Waals surface area contributed by atoms with Gasteiger partial charge in [-0.15, -0.1) is 0 Å². The van der Waals surface area contributed by atoms with E-state index < -0.39 is 24.8 Å². The zero-order valence-electron chi connectivity index (χ0n) is 8.89. The van der Waals surface area contributed by atoms with Crippen molar-refractivity contribution in [1.82, 2.24) is 0 Å². The highest BCUT2D eigenvalue weighted by atomic mass is 16.7. The summed E-state index contributed by atoms with van der Waals surface area (Å²) in [6, 6.07) is 0. The van der Waals surface area contributed by atoms with Crippen LogP contribution in [-0.4, -0.2) is 41.1 Å².